The average molecular weight is 127 g/mol. The number of nitrogens with zero attached hydrogens (tertiary/aromatic N) is 1. The topological polar surface area (TPSA) is 3.24 Å². The van der Waals surface area contributed by atoms with Gasteiger partial charge < -0.3 is 4.90 Å². The molecule has 9 heavy (non-hydrogen) atoms. The Morgan fingerprint density at radius 1 is 1.44 bits per heavy atom. The van der Waals surface area contributed by atoms with Gasteiger partial charge in [-0.05, 0) is 13.3 Å². The molecular weight excluding hydrogens is 110 g/mol. The molecule has 0 aliphatic carbocycles. The summed E-state index contributed by atoms with van der Waals surface area (Å²) in [6.45, 7) is 9.32. The molecule has 0 N–H and O–H groups in total. The molecule has 0 saturated carbocycles. The van der Waals surface area contributed by atoms with Gasteiger partial charge in [0.2, 0.25) is 0 Å². The zero-order valence-electron chi connectivity index (χ0n) is 6.78. The van der Waals surface area contributed by atoms with Crippen LogP contribution in [0.15, 0.2) is 12.3 Å². The first kappa shape index (κ1) is 8.54. The maximum Gasteiger partial charge on any atom is 0.0143 e. The Hall–Kier alpha value is -0.460. The van der Waals surface area contributed by atoms with Gasteiger partial charge in [-0.1, -0.05) is 19.9 Å². The lowest BCUT2D eigenvalue weighted by Gasteiger charge is -2.18. The van der Waals surface area contributed by atoms with E-state index in [-0.39, 0.29) is 0 Å². The third-order valence-electron chi connectivity index (χ3n) is 1.55. The zero-order valence-corrected chi connectivity index (χ0v) is 6.78. The molecule has 1 nitrogen and oxygen atoms in total. The molecule has 0 rings (SSSR count). The molecule has 0 saturated heterocycles. The van der Waals surface area contributed by atoms with E-state index in [4.69, 9.17) is 0 Å². The number of allylic oxidation sites excluding steroid dienone is 1. The van der Waals surface area contributed by atoms with Gasteiger partial charge in [-0.2, -0.15) is 0 Å². The summed E-state index contributed by atoms with van der Waals surface area (Å²) < 4.78 is 0. The van der Waals surface area contributed by atoms with Crippen molar-refractivity contribution in [2.45, 2.75) is 26.7 Å². The number of hydrogen-bond donors (Lipinski definition) is 0. The minimum Gasteiger partial charge on any atom is -0.379 e. The normalized spacial score (nSPS) is 9.22. The molecular formula is C8H17N. The lowest BCUT2D eigenvalue weighted by Crippen LogP contribution is -2.15. The summed E-state index contributed by atoms with van der Waals surface area (Å²) in [5, 5.41) is 0. The molecule has 0 aromatic heterocycles. The van der Waals surface area contributed by atoms with Crippen LogP contribution in [0.1, 0.15) is 26.7 Å². The molecule has 54 valence electrons. The monoisotopic (exact) mass is 127 g/mol. The van der Waals surface area contributed by atoms with E-state index in [9.17, 15) is 0 Å². The smallest absolute Gasteiger partial charge is 0.0143 e. The highest BCUT2D eigenvalue weighted by molar-refractivity contribution is 4.90. The average Bonchev–Trinajstić information content (AvgIpc) is 1.87. The van der Waals surface area contributed by atoms with E-state index in [1.165, 1.54) is 12.1 Å². The third-order valence-corrected chi connectivity index (χ3v) is 1.55. The fourth-order valence-corrected chi connectivity index (χ4v) is 0.703. The maximum atomic E-state index is 3.94. The van der Waals surface area contributed by atoms with Crippen LogP contribution < -0.4 is 0 Å². The Kier molecular flexibility index (Phi) is 4.20. The van der Waals surface area contributed by atoms with Crippen molar-refractivity contribution >= 4 is 0 Å². The predicted molar refractivity (Wildman–Crippen MR) is 42.4 cm³/mol. The summed E-state index contributed by atoms with van der Waals surface area (Å²) in [7, 11) is 2.08. The SMILES string of the molecule is C=C(CCC)N(C)CC. The molecule has 0 aliphatic rings. The summed E-state index contributed by atoms with van der Waals surface area (Å²) in [6, 6.07) is 0. The predicted octanol–water partition coefficient (Wildman–Crippen LogP) is 2.25. The van der Waals surface area contributed by atoms with E-state index in [1.807, 2.05) is 0 Å². The minimum absolute atomic E-state index is 1.07. The quantitative estimate of drug-likeness (QED) is 0.560. The van der Waals surface area contributed by atoms with Crippen LogP contribution in [0.3, 0.4) is 0 Å². The van der Waals surface area contributed by atoms with Crippen LogP contribution in [0.5, 0.6) is 0 Å². The van der Waals surface area contributed by atoms with E-state index in [2.05, 4.69) is 32.4 Å². The van der Waals surface area contributed by atoms with Crippen molar-refractivity contribution in [2.24, 2.45) is 0 Å². The summed E-state index contributed by atoms with van der Waals surface area (Å²) in [5.74, 6) is 0. The standard InChI is InChI=1S/C8H17N/c1-5-7-8(3)9(4)6-2/h3,5-7H2,1-2,4H3. The van der Waals surface area contributed by atoms with Crippen LogP contribution in [0.4, 0.5) is 0 Å². The summed E-state index contributed by atoms with van der Waals surface area (Å²) in [5.41, 5.74) is 1.25. The maximum absolute atomic E-state index is 3.94. The number of hydrogen-bond acceptors (Lipinski definition) is 1. The van der Waals surface area contributed by atoms with Gasteiger partial charge in [0.05, 0.1) is 0 Å². The van der Waals surface area contributed by atoms with Crippen molar-refractivity contribution in [3.05, 3.63) is 12.3 Å². The summed E-state index contributed by atoms with van der Waals surface area (Å²) >= 11 is 0. The molecule has 0 heterocycles. The second kappa shape index (κ2) is 4.42. The van der Waals surface area contributed by atoms with Crippen LogP contribution in [0.25, 0.3) is 0 Å². The fraction of sp³-hybridized carbons (Fsp3) is 0.750. The van der Waals surface area contributed by atoms with Crippen molar-refractivity contribution < 1.29 is 0 Å². The van der Waals surface area contributed by atoms with Crippen molar-refractivity contribution in [2.75, 3.05) is 13.6 Å². The van der Waals surface area contributed by atoms with Crippen LogP contribution in [-0.4, -0.2) is 18.5 Å². The van der Waals surface area contributed by atoms with Gasteiger partial charge in [0, 0.05) is 19.3 Å². The summed E-state index contributed by atoms with van der Waals surface area (Å²) in [6.07, 6.45) is 2.33. The molecule has 0 aromatic rings. The van der Waals surface area contributed by atoms with Gasteiger partial charge in [-0.15, -0.1) is 0 Å². The first-order valence-corrected chi connectivity index (χ1v) is 3.61. The molecule has 1 heteroatoms. The highest BCUT2D eigenvalue weighted by Gasteiger charge is 1.95. The van der Waals surface area contributed by atoms with Gasteiger partial charge in [-0.25, -0.2) is 0 Å². The molecule has 0 unspecified atom stereocenters. The molecule has 0 amide bonds. The fourth-order valence-electron chi connectivity index (χ4n) is 0.703. The van der Waals surface area contributed by atoms with Crippen molar-refractivity contribution in [1.29, 1.82) is 0 Å². The molecule has 0 bridgehead atoms. The lowest BCUT2D eigenvalue weighted by molar-refractivity contribution is 0.424. The largest absolute Gasteiger partial charge is 0.379 e. The molecule has 0 aliphatic heterocycles. The van der Waals surface area contributed by atoms with Gasteiger partial charge in [0.25, 0.3) is 0 Å². The van der Waals surface area contributed by atoms with Crippen molar-refractivity contribution in [1.82, 2.24) is 4.90 Å². The Morgan fingerprint density at radius 3 is 2.33 bits per heavy atom. The Balaban J connectivity index is 3.46. The van der Waals surface area contributed by atoms with Gasteiger partial charge in [0.1, 0.15) is 0 Å². The van der Waals surface area contributed by atoms with Gasteiger partial charge >= 0.3 is 0 Å². The van der Waals surface area contributed by atoms with E-state index >= 15 is 0 Å². The second-order valence-electron chi connectivity index (χ2n) is 2.33. The highest BCUT2D eigenvalue weighted by Crippen LogP contribution is 2.04. The Morgan fingerprint density at radius 2 is 2.00 bits per heavy atom. The van der Waals surface area contributed by atoms with E-state index in [0.717, 1.165) is 13.0 Å². The van der Waals surface area contributed by atoms with Crippen LogP contribution in [0, 0.1) is 0 Å². The number of rotatable bonds is 4. The van der Waals surface area contributed by atoms with E-state index in [1.54, 1.807) is 0 Å². The Bertz CT molecular complexity index is 86.6. The van der Waals surface area contributed by atoms with E-state index < -0.39 is 0 Å². The van der Waals surface area contributed by atoms with Crippen molar-refractivity contribution in [3.8, 4) is 0 Å². The van der Waals surface area contributed by atoms with Crippen LogP contribution in [0.2, 0.25) is 0 Å². The molecule has 0 atom stereocenters. The second-order valence-corrected chi connectivity index (χ2v) is 2.33. The lowest BCUT2D eigenvalue weighted by atomic mass is 10.2. The first-order chi connectivity index (χ1) is 4.22. The van der Waals surface area contributed by atoms with Crippen molar-refractivity contribution in [3.63, 3.8) is 0 Å². The third kappa shape index (κ3) is 3.17. The first-order valence-electron chi connectivity index (χ1n) is 3.61. The summed E-state index contributed by atoms with van der Waals surface area (Å²) in [4.78, 5) is 2.18. The molecule has 0 fully saturated rings. The van der Waals surface area contributed by atoms with Gasteiger partial charge in [-0.3, -0.25) is 0 Å². The zero-order chi connectivity index (χ0) is 7.28. The highest BCUT2D eigenvalue weighted by atomic mass is 15.1. The minimum atomic E-state index is 1.07. The van der Waals surface area contributed by atoms with Gasteiger partial charge in [0.15, 0.2) is 0 Å². The molecule has 0 spiro atoms. The molecule has 0 aromatic carbocycles. The molecule has 0 radical (unpaired) electrons. The van der Waals surface area contributed by atoms with E-state index in [0.29, 0.717) is 0 Å². The van der Waals surface area contributed by atoms with Crippen LogP contribution >= 0.6 is 0 Å². The van der Waals surface area contributed by atoms with Crippen LogP contribution in [-0.2, 0) is 0 Å². The Labute approximate surface area is 58.4 Å².